The SMILES string of the molecule is CCc1csc(C(=O)OC(C)C)c1S(N)(=O)=O. The molecule has 0 radical (unpaired) electrons. The summed E-state index contributed by atoms with van der Waals surface area (Å²) < 4.78 is 27.9. The third kappa shape index (κ3) is 3.27. The molecule has 0 fully saturated rings. The molecule has 17 heavy (non-hydrogen) atoms. The van der Waals surface area contributed by atoms with Crippen molar-refractivity contribution in [3.63, 3.8) is 0 Å². The third-order valence-electron chi connectivity index (χ3n) is 2.01. The van der Waals surface area contributed by atoms with Crippen molar-refractivity contribution in [1.82, 2.24) is 0 Å². The first-order valence-electron chi connectivity index (χ1n) is 5.11. The number of rotatable bonds is 4. The van der Waals surface area contributed by atoms with Gasteiger partial charge in [0, 0.05) is 0 Å². The number of primary sulfonamides is 1. The number of carbonyl (C=O) groups excluding carboxylic acids is 1. The molecule has 0 bridgehead atoms. The maximum atomic E-state index is 11.7. The number of carbonyl (C=O) groups is 1. The molecule has 0 atom stereocenters. The van der Waals surface area contributed by atoms with E-state index in [1.807, 2.05) is 0 Å². The normalized spacial score (nSPS) is 11.8. The number of hydrogen-bond acceptors (Lipinski definition) is 5. The fraction of sp³-hybridized carbons (Fsp3) is 0.500. The highest BCUT2D eigenvalue weighted by molar-refractivity contribution is 7.89. The van der Waals surface area contributed by atoms with Crippen LogP contribution in [0.25, 0.3) is 0 Å². The van der Waals surface area contributed by atoms with E-state index >= 15 is 0 Å². The Morgan fingerprint density at radius 2 is 2.12 bits per heavy atom. The van der Waals surface area contributed by atoms with E-state index in [4.69, 9.17) is 9.88 Å². The zero-order chi connectivity index (χ0) is 13.2. The predicted octanol–water partition coefficient (Wildman–Crippen LogP) is 1.52. The number of aryl methyl sites for hydroxylation is 1. The summed E-state index contributed by atoms with van der Waals surface area (Å²) in [6, 6.07) is 0. The van der Waals surface area contributed by atoms with Gasteiger partial charge >= 0.3 is 5.97 Å². The number of esters is 1. The van der Waals surface area contributed by atoms with Crippen LogP contribution in [0.2, 0.25) is 0 Å². The van der Waals surface area contributed by atoms with E-state index in [9.17, 15) is 13.2 Å². The summed E-state index contributed by atoms with van der Waals surface area (Å²) >= 11 is 1.04. The summed E-state index contributed by atoms with van der Waals surface area (Å²) in [7, 11) is -3.90. The molecule has 1 heterocycles. The molecule has 7 heteroatoms. The number of sulfonamides is 1. The Balaban J connectivity index is 3.27. The lowest BCUT2D eigenvalue weighted by Crippen LogP contribution is -2.19. The van der Waals surface area contributed by atoms with E-state index in [0.717, 1.165) is 11.3 Å². The summed E-state index contributed by atoms with van der Waals surface area (Å²) in [6.45, 7) is 5.19. The first kappa shape index (κ1) is 14.1. The molecule has 0 aliphatic rings. The molecule has 0 amide bonds. The standard InChI is InChI=1S/C10H15NO4S2/c1-4-7-5-16-8(9(7)17(11,13)14)10(12)15-6(2)3/h5-6H,4H2,1-3H3,(H2,11,13,14). The molecule has 1 aromatic rings. The highest BCUT2D eigenvalue weighted by atomic mass is 32.2. The second-order valence-corrected chi connectivity index (χ2v) is 6.15. The Morgan fingerprint density at radius 3 is 2.53 bits per heavy atom. The van der Waals surface area contributed by atoms with Crippen molar-refractivity contribution < 1.29 is 17.9 Å². The molecule has 0 saturated carbocycles. The second-order valence-electron chi connectivity index (χ2n) is 3.77. The molecule has 0 unspecified atom stereocenters. The first-order valence-corrected chi connectivity index (χ1v) is 7.54. The highest BCUT2D eigenvalue weighted by Crippen LogP contribution is 2.27. The Labute approximate surface area is 105 Å². The number of thiophene rings is 1. The van der Waals surface area contributed by atoms with Crippen LogP contribution in [0.5, 0.6) is 0 Å². The summed E-state index contributed by atoms with van der Waals surface area (Å²) in [4.78, 5) is 11.7. The van der Waals surface area contributed by atoms with Crippen LogP contribution in [0.4, 0.5) is 0 Å². The van der Waals surface area contributed by atoms with E-state index in [2.05, 4.69) is 0 Å². The van der Waals surface area contributed by atoms with Crippen LogP contribution in [0, 0.1) is 0 Å². The number of ether oxygens (including phenoxy) is 1. The lowest BCUT2D eigenvalue weighted by molar-refractivity contribution is 0.0379. The van der Waals surface area contributed by atoms with Gasteiger partial charge in [0.25, 0.3) is 0 Å². The van der Waals surface area contributed by atoms with Gasteiger partial charge < -0.3 is 4.74 Å². The van der Waals surface area contributed by atoms with E-state index < -0.39 is 16.0 Å². The zero-order valence-electron chi connectivity index (χ0n) is 9.89. The molecule has 0 aromatic carbocycles. The van der Waals surface area contributed by atoms with Gasteiger partial charge in [0.05, 0.1) is 6.10 Å². The topological polar surface area (TPSA) is 86.5 Å². The van der Waals surface area contributed by atoms with E-state index in [-0.39, 0.29) is 15.9 Å². The van der Waals surface area contributed by atoms with Crippen molar-refractivity contribution in [3.8, 4) is 0 Å². The lowest BCUT2D eigenvalue weighted by Gasteiger charge is -2.08. The van der Waals surface area contributed by atoms with Gasteiger partial charge in [0.2, 0.25) is 10.0 Å². The average Bonchev–Trinajstić information content (AvgIpc) is 2.58. The van der Waals surface area contributed by atoms with E-state index in [0.29, 0.717) is 12.0 Å². The highest BCUT2D eigenvalue weighted by Gasteiger charge is 2.26. The summed E-state index contributed by atoms with van der Waals surface area (Å²) in [5.74, 6) is -0.645. The van der Waals surface area contributed by atoms with Crippen LogP contribution in [-0.4, -0.2) is 20.5 Å². The number of hydrogen-bond donors (Lipinski definition) is 1. The molecule has 1 aromatic heterocycles. The minimum absolute atomic E-state index is 0.0538. The molecule has 0 aliphatic carbocycles. The molecule has 5 nitrogen and oxygen atoms in total. The molecule has 96 valence electrons. The summed E-state index contributed by atoms with van der Waals surface area (Å²) in [5.41, 5.74) is 0.549. The van der Waals surface area contributed by atoms with Crippen molar-refractivity contribution in [2.75, 3.05) is 0 Å². The maximum Gasteiger partial charge on any atom is 0.349 e. The van der Waals surface area contributed by atoms with Gasteiger partial charge in [0.15, 0.2) is 0 Å². The van der Waals surface area contributed by atoms with Crippen molar-refractivity contribution in [1.29, 1.82) is 0 Å². The smallest absolute Gasteiger partial charge is 0.349 e. The fourth-order valence-electron chi connectivity index (χ4n) is 1.35. The van der Waals surface area contributed by atoms with Crippen LogP contribution in [0.3, 0.4) is 0 Å². The van der Waals surface area contributed by atoms with Gasteiger partial charge in [-0.3, -0.25) is 0 Å². The average molecular weight is 277 g/mol. The minimum Gasteiger partial charge on any atom is -0.459 e. The molecule has 0 saturated heterocycles. The van der Waals surface area contributed by atoms with Crippen LogP contribution < -0.4 is 5.14 Å². The maximum absolute atomic E-state index is 11.7. The quantitative estimate of drug-likeness (QED) is 0.845. The molecule has 0 spiro atoms. The predicted molar refractivity (Wildman–Crippen MR) is 65.6 cm³/mol. The van der Waals surface area contributed by atoms with Crippen molar-refractivity contribution in [3.05, 3.63) is 15.8 Å². The molecular weight excluding hydrogens is 262 g/mol. The van der Waals surface area contributed by atoms with Crippen molar-refractivity contribution >= 4 is 27.3 Å². The Bertz CT molecular complexity index is 516. The third-order valence-corrected chi connectivity index (χ3v) is 4.18. The van der Waals surface area contributed by atoms with Gasteiger partial charge in [-0.15, -0.1) is 11.3 Å². The zero-order valence-corrected chi connectivity index (χ0v) is 11.5. The van der Waals surface area contributed by atoms with Crippen LogP contribution in [-0.2, 0) is 21.2 Å². The van der Waals surface area contributed by atoms with E-state index in [1.54, 1.807) is 26.2 Å². The van der Waals surface area contributed by atoms with Gasteiger partial charge in [-0.25, -0.2) is 18.4 Å². The lowest BCUT2D eigenvalue weighted by atomic mass is 10.2. The van der Waals surface area contributed by atoms with Gasteiger partial charge in [-0.05, 0) is 31.2 Å². The largest absolute Gasteiger partial charge is 0.459 e. The van der Waals surface area contributed by atoms with Gasteiger partial charge in [-0.2, -0.15) is 0 Å². The second kappa shape index (κ2) is 5.16. The Hall–Kier alpha value is -0.920. The Morgan fingerprint density at radius 1 is 1.53 bits per heavy atom. The van der Waals surface area contributed by atoms with Crippen LogP contribution in [0.15, 0.2) is 10.3 Å². The summed E-state index contributed by atoms with van der Waals surface area (Å²) in [6.07, 6.45) is 0.194. The van der Waals surface area contributed by atoms with Crippen molar-refractivity contribution in [2.45, 2.75) is 38.2 Å². The minimum atomic E-state index is -3.90. The monoisotopic (exact) mass is 277 g/mol. The Kier molecular flexibility index (Phi) is 4.29. The molecule has 2 N–H and O–H groups in total. The fourth-order valence-corrected chi connectivity index (χ4v) is 3.75. The van der Waals surface area contributed by atoms with Gasteiger partial charge in [0.1, 0.15) is 9.77 Å². The molecule has 0 aliphatic heterocycles. The molecular formula is C10H15NO4S2. The number of nitrogens with two attached hydrogens (primary N) is 1. The van der Waals surface area contributed by atoms with Crippen LogP contribution >= 0.6 is 11.3 Å². The van der Waals surface area contributed by atoms with E-state index in [1.165, 1.54) is 0 Å². The molecule has 1 rings (SSSR count). The first-order chi connectivity index (χ1) is 7.77. The van der Waals surface area contributed by atoms with Crippen LogP contribution in [0.1, 0.15) is 36.0 Å². The van der Waals surface area contributed by atoms with Gasteiger partial charge in [-0.1, -0.05) is 6.92 Å². The van der Waals surface area contributed by atoms with Crippen molar-refractivity contribution in [2.24, 2.45) is 5.14 Å². The summed E-state index contributed by atoms with van der Waals surface area (Å²) in [5, 5.41) is 6.74.